The number of hydrogen-bond acceptors (Lipinski definition) is 4. The number of rotatable bonds is 5. The molecule has 1 amide bonds. The molecule has 9 heteroatoms. The third-order valence-corrected chi connectivity index (χ3v) is 3.59. The maximum atomic E-state index is 10.8. The minimum Gasteiger partial charge on any atom is -0.507 e. The summed E-state index contributed by atoms with van der Waals surface area (Å²) in [5, 5.41) is 11.4. The van der Waals surface area contributed by atoms with Crippen molar-refractivity contribution in [3.63, 3.8) is 0 Å². The van der Waals surface area contributed by atoms with Gasteiger partial charge in [-0.15, -0.1) is 0 Å². The van der Waals surface area contributed by atoms with Crippen molar-refractivity contribution in [1.29, 1.82) is 0 Å². The molecule has 2 aromatic rings. The number of carbonyl (C=O) groups is 1. The predicted octanol–water partition coefficient (Wildman–Crippen LogP) is 1.20. The second kappa shape index (κ2) is 8.42. The van der Waals surface area contributed by atoms with E-state index in [4.69, 9.17) is 15.5 Å². The third-order valence-electron chi connectivity index (χ3n) is 3.06. The standard InChI is InChI=1S/C10H8O.C6H15N2O5P/c11-10-7-3-5-8-4-1-2-6-9(8)10;1-8(2,3)4-5(6(7)9)13-14(10,11)12/h1-7,11H;5H,4H2,1-3H3,(H3-,7,9,10,11,12)/p+1. The van der Waals surface area contributed by atoms with Crippen molar-refractivity contribution >= 4 is 24.5 Å². The molecule has 1 atom stereocenters. The highest BCUT2D eigenvalue weighted by atomic mass is 31.2. The van der Waals surface area contributed by atoms with Crippen LogP contribution in [0.25, 0.3) is 10.8 Å². The minimum absolute atomic E-state index is 0.0977. The fraction of sp³-hybridized carbons (Fsp3) is 0.312. The molecule has 2 aromatic carbocycles. The number of amides is 1. The summed E-state index contributed by atoms with van der Waals surface area (Å²) in [5.41, 5.74) is 4.93. The molecular weight excluding hydrogens is 347 g/mol. The number of primary amides is 1. The van der Waals surface area contributed by atoms with Crippen LogP contribution in [-0.4, -0.2) is 59.1 Å². The maximum absolute atomic E-state index is 10.8. The summed E-state index contributed by atoms with van der Waals surface area (Å²) in [6.07, 6.45) is -1.28. The lowest BCUT2D eigenvalue weighted by Gasteiger charge is -2.27. The first kappa shape index (κ1) is 21.1. The van der Waals surface area contributed by atoms with Gasteiger partial charge in [-0.1, -0.05) is 36.4 Å². The van der Waals surface area contributed by atoms with Gasteiger partial charge in [0, 0.05) is 5.39 Å². The van der Waals surface area contributed by atoms with Gasteiger partial charge in [-0.25, -0.2) is 4.57 Å². The van der Waals surface area contributed by atoms with E-state index in [1.807, 2.05) is 36.4 Å². The summed E-state index contributed by atoms with van der Waals surface area (Å²) in [6.45, 7) is 0.0977. The van der Waals surface area contributed by atoms with Gasteiger partial charge in [0.15, 0.2) is 6.10 Å². The predicted molar refractivity (Wildman–Crippen MR) is 94.6 cm³/mol. The van der Waals surface area contributed by atoms with Gasteiger partial charge < -0.3 is 25.1 Å². The van der Waals surface area contributed by atoms with Gasteiger partial charge in [0.25, 0.3) is 5.91 Å². The molecule has 0 aromatic heterocycles. The van der Waals surface area contributed by atoms with E-state index in [0.717, 1.165) is 10.8 Å². The minimum atomic E-state index is -4.67. The average molecular weight is 371 g/mol. The van der Waals surface area contributed by atoms with Crippen LogP contribution in [0.4, 0.5) is 0 Å². The highest BCUT2D eigenvalue weighted by Gasteiger charge is 2.31. The summed E-state index contributed by atoms with van der Waals surface area (Å²) < 4.78 is 15.1. The summed E-state index contributed by atoms with van der Waals surface area (Å²) in [5.74, 6) is -0.538. The Morgan fingerprint density at radius 3 is 2.20 bits per heavy atom. The van der Waals surface area contributed by atoms with E-state index < -0.39 is 19.8 Å². The number of nitrogens with zero attached hydrogens (tertiary/aromatic N) is 1. The van der Waals surface area contributed by atoms with Gasteiger partial charge in [-0.05, 0) is 11.5 Å². The SMILES string of the molecule is C[N+](C)(C)CC(OP(=O)(O)O)C(N)=O.Oc1cccc2ccccc12. The number of phosphoric ester groups is 1. The Hall–Kier alpha value is -1.96. The van der Waals surface area contributed by atoms with E-state index in [9.17, 15) is 14.5 Å². The number of phenols is 1. The van der Waals surface area contributed by atoms with Gasteiger partial charge in [0.1, 0.15) is 12.3 Å². The van der Waals surface area contributed by atoms with E-state index in [0.29, 0.717) is 10.2 Å². The lowest BCUT2D eigenvalue weighted by Crippen LogP contribution is -2.47. The van der Waals surface area contributed by atoms with Gasteiger partial charge in [-0.3, -0.25) is 9.32 Å². The van der Waals surface area contributed by atoms with Crippen LogP contribution in [0, 0.1) is 0 Å². The van der Waals surface area contributed by atoms with Crippen molar-refractivity contribution in [2.45, 2.75) is 6.10 Å². The molecule has 0 radical (unpaired) electrons. The van der Waals surface area contributed by atoms with Crippen molar-refractivity contribution < 1.29 is 33.3 Å². The molecule has 2 rings (SSSR count). The van der Waals surface area contributed by atoms with Crippen LogP contribution in [0.1, 0.15) is 0 Å². The number of hydrogen-bond donors (Lipinski definition) is 4. The Kier molecular flexibility index (Phi) is 7.10. The van der Waals surface area contributed by atoms with Crippen LogP contribution >= 0.6 is 7.82 Å². The van der Waals surface area contributed by atoms with E-state index in [2.05, 4.69) is 4.52 Å². The number of phenolic OH excluding ortho intramolecular Hbond substituents is 1. The second-order valence-corrected chi connectivity index (χ2v) is 7.65. The highest BCUT2D eigenvalue weighted by Crippen LogP contribution is 2.37. The number of carbonyl (C=O) groups excluding carboxylic acids is 1. The van der Waals surface area contributed by atoms with Crippen LogP contribution in [0.2, 0.25) is 0 Å². The Balaban J connectivity index is 0.000000255. The van der Waals surface area contributed by atoms with E-state index in [1.165, 1.54) is 0 Å². The van der Waals surface area contributed by atoms with Crippen LogP contribution in [0.3, 0.4) is 0 Å². The zero-order valence-electron chi connectivity index (χ0n) is 14.4. The Morgan fingerprint density at radius 2 is 1.72 bits per heavy atom. The number of benzene rings is 2. The summed E-state index contributed by atoms with van der Waals surface area (Å²) >= 11 is 0. The topological polar surface area (TPSA) is 130 Å². The molecule has 0 aliphatic rings. The first-order chi connectivity index (χ1) is 11.4. The molecule has 0 saturated heterocycles. The molecule has 0 heterocycles. The Morgan fingerprint density at radius 1 is 1.16 bits per heavy atom. The molecule has 0 fully saturated rings. The molecule has 0 bridgehead atoms. The molecule has 138 valence electrons. The Bertz CT molecular complexity index is 763. The molecular formula is C16H24N2O6P+. The lowest BCUT2D eigenvalue weighted by molar-refractivity contribution is -0.872. The maximum Gasteiger partial charge on any atom is 0.470 e. The van der Waals surface area contributed by atoms with Gasteiger partial charge in [-0.2, -0.15) is 0 Å². The molecule has 8 nitrogen and oxygen atoms in total. The number of nitrogens with two attached hydrogens (primary N) is 1. The van der Waals surface area contributed by atoms with E-state index >= 15 is 0 Å². The molecule has 1 unspecified atom stereocenters. The molecule has 0 spiro atoms. The van der Waals surface area contributed by atoms with Crippen LogP contribution in [0.5, 0.6) is 5.75 Å². The van der Waals surface area contributed by atoms with Gasteiger partial charge in [0.2, 0.25) is 0 Å². The van der Waals surface area contributed by atoms with Crippen molar-refractivity contribution in [1.82, 2.24) is 0 Å². The number of phosphoric acid groups is 1. The summed E-state index contributed by atoms with van der Waals surface area (Å²) in [6, 6.07) is 13.3. The monoisotopic (exact) mass is 371 g/mol. The van der Waals surface area contributed by atoms with Gasteiger partial charge >= 0.3 is 7.82 Å². The van der Waals surface area contributed by atoms with Gasteiger partial charge in [0.05, 0.1) is 21.1 Å². The third kappa shape index (κ3) is 8.11. The van der Waals surface area contributed by atoms with Crippen molar-refractivity contribution in [2.24, 2.45) is 5.73 Å². The molecule has 25 heavy (non-hydrogen) atoms. The van der Waals surface area contributed by atoms with Crippen molar-refractivity contribution in [2.75, 3.05) is 27.7 Å². The van der Waals surface area contributed by atoms with Crippen LogP contribution in [0.15, 0.2) is 42.5 Å². The summed E-state index contributed by atoms with van der Waals surface area (Å²) in [4.78, 5) is 27.8. The number of quaternary nitrogens is 1. The molecule has 0 aliphatic heterocycles. The number of fused-ring (bicyclic) bond motifs is 1. The first-order valence-electron chi connectivity index (χ1n) is 7.39. The van der Waals surface area contributed by atoms with Crippen LogP contribution in [-0.2, 0) is 13.9 Å². The van der Waals surface area contributed by atoms with Crippen LogP contribution < -0.4 is 5.73 Å². The molecule has 5 N–H and O–H groups in total. The smallest absolute Gasteiger partial charge is 0.470 e. The van der Waals surface area contributed by atoms with E-state index in [-0.39, 0.29) is 6.54 Å². The highest BCUT2D eigenvalue weighted by molar-refractivity contribution is 7.46. The fourth-order valence-corrected chi connectivity index (χ4v) is 2.55. The fourth-order valence-electron chi connectivity index (χ4n) is 2.05. The average Bonchev–Trinajstić information content (AvgIpc) is 2.45. The number of aromatic hydroxyl groups is 1. The Labute approximate surface area is 146 Å². The largest absolute Gasteiger partial charge is 0.507 e. The van der Waals surface area contributed by atoms with E-state index in [1.54, 1.807) is 27.2 Å². The molecule has 0 aliphatic carbocycles. The summed E-state index contributed by atoms with van der Waals surface area (Å²) in [7, 11) is 0.574. The normalized spacial score (nSPS) is 13.0. The first-order valence-corrected chi connectivity index (χ1v) is 8.92. The lowest BCUT2D eigenvalue weighted by atomic mass is 10.1. The molecule has 0 saturated carbocycles. The second-order valence-electron chi connectivity index (χ2n) is 6.46. The number of likely N-dealkylation sites (N-methyl/N-ethyl adjacent to an activating group) is 1. The zero-order chi connectivity index (χ0) is 19.3. The zero-order valence-corrected chi connectivity index (χ0v) is 15.3. The quantitative estimate of drug-likeness (QED) is 0.462. The van der Waals surface area contributed by atoms with Crippen molar-refractivity contribution in [3.05, 3.63) is 42.5 Å². The van der Waals surface area contributed by atoms with Crippen molar-refractivity contribution in [3.8, 4) is 5.75 Å².